The second-order valence-electron chi connectivity index (χ2n) is 7.82. The van der Waals surface area contributed by atoms with E-state index in [1.165, 1.54) is 22.9 Å². The number of carbonyl (C=O) groups is 1. The fourth-order valence-electron chi connectivity index (χ4n) is 3.70. The first-order valence-corrected chi connectivity index (χ1v) is 11.4. The van der Waals surface area contributed by atoms with Crippen LogP contribution in [0.5, 0.6) is 0 Å². The van der Waals surface area contributed by atoms with E-state index >= 15 is 0 Å². The van der Waals surface area contributed by atoms with Crippen molar-refractivity contribution in [1.82, 2.24) is 9.55 Å². The summed E-state index contributed by atoms with van der Waals surface area (Å²) < 4.78 is 7.44. The lowest BCUT2D eigenvalue weighted by Gasteiger charge is -2.28. The van der Waals surface area contributed by atoms with E-state index in [9.17, 15) is 4.79 Å². The SMILES string of the molecule is Cc1cc(C)cc(-n2ccnc2SC(C)C(=O)Nc2ccc(N3CCOCC3)cc2)c1. The summed E-state index contributed by atoms with van der Waals surface area (Å²) in [5.41, 5.74) is 5.41. The summed E-state index contributed by atoms with van der Waals surface area (Å²) >= 11 is 1.45. The first-order chi connectivity index (χ1) is 15.0. The van der Waals surface area contributed by atoms with Crippen LogP contribution in [0, 0.1) is 13.8 Å². The molecule has 1 N–H and O–H groups in total. The summed E-state index contributed by atoms with van der Waals surface area (Å²) in [7, 11) is 0. The van der Waals surface area contributed by atoms with Crippen molar-refractivity contribution in [2.45, 2.75) is 31.2 Å². The molecule has 0 spiro atoms. The number of hydrogen-bond acceptors (Lipinski definition) is 5. The van der Waals surface area contributed by atoms with Gasteiger partial charge in [-0.25, -0.2) is 4.98 Å². The van der Waals surface area contributed by atoms with Crippen molar-refractivity contribution >= 4 is 29.0 Å². The van der Waals surface area contributed by atoms with E-state index in [-0.39, 0.29) is 11.2 Å². The van der Waals surface area contributed by atoms with Gasteiger partial charge in [0.2, 0.25) is 5.91 Å². The zero-order chi connectivity index (χ0) is 21.8. The fourth-order valence-corrected chi connectivity index (χ4v) is 4.58. The van der Waals surface area contributed by atoms with Crippen LogP contribution in [0.3, 0.4) is 0 Å². The van der Waals surface area contributed by atoms with Gasteiger partial charge in [0.15, 0.2) is 5.16 Å². The summed E-state index contributed by atoms with van der Waals surface area (Å²) in [6, 6.07) is 14.4. The summed E-state index contributed by atoms with van der Waals surface area (Å²) in [6.07, 6.45) is 3.71. The Morgan fingerprint density at radius 2 is 1.74 bits per heavy atom. The lowest BCUT2D eigenvalue weighted by atomic mass is 10.1. The van der Waals surface area contributed by atoms with Crippen LogP contribution in [0.2, 0.25) is 0 Å². The number of nitrogens with zero attached hydrogens (tertiary/aromatic N) is 3. The van der Waals surface area contributed by atoms with E-state index in [4.69, 9.17) is 4.74 Å². The Morgan fingerprint density at radius 1 is 1.06 bits per heavy atom. The van der Waals surface area contributed by atoms with Crippen molar-refractivity contribution in [3.05, 3.63) is 66.0 Å². The second-order valence-corrected chi connectivity index (χ2v) is 9.13. The first kappa shape index (κ1) is 21.5. The monoisotopic (exact) mass is 436 g/mol. The topological polar surface area (TPSA) is 59.4 Å². The third kappa shape index (κ3) is 5.29. The van der Waals surface area contributed by atoms with Crippen LogP contribution in [0.25, 0.3) is 5.69 Å². The molecular formula is C24H28N4O2S. The number of carbonyl (C=O) groups excluding carboxylic acids is 1. The van der Waals surface area contributed by atoms with Gasteiger partial charge < -0.3 is 15.0 Å². The molecule has 1 unspecified atom stereocenters. The van der Waals surface area contributed by atoms with Crippen molar-refractivity contribution in [3.63, 3.8) is 0 Å². The highest BCUT2D eigenvalue weighted by molar-refractivity contribution is 8.00. The van der Waals surface area contributed by atoms with Gasteiger partial charge >= 0.3 is 0 Å². The van der Waals surface area contributed by atoms with Crippen LogP contribution in [0.1, 0.15) is 18.1 Å². The van der Waals surface area contributed by atoms with Crippen molar-refractivity contribution in [1.29, 1.82) is 0 Å². The molecule has 0 radical (unpaired) electrons. The molecule has 2 heterocycles. The molecule has 0 aliphatic carbocycles. The molecule has 1 amide bonds. The minimum atomic E-state index is -0.286. The number of imidazole rings is 1. The smallest absolute Gasteiger partial charge is 0.237 e. The van der Waals surface area contributed by atoms with Gasteiger partial charge in [-0.2, -0.15) is 0 Å². The van der Waals surface area contributed by atoms with E-state index in [0.29, 0.717) is 0 Å². The Morgan fingerprint density at radius 3 is 2.42 bits per heavy atom. The maximum absolute atomic E-state index is 12.8. The normalized spacial score (nSPS) is 15.0. The zero-order valence-electron chi connectivity index (χ0n) is 18.2. The Balaban J connectivity index is 1.40. The molecule has 1 aromatic heterocycles. The standard InChI is InChI=1S/C24H28N4O2S/c1-17-14-18(2)16-22(15-17)28-9-8-25-24(28)31-19(3)23(29)26-20-4-6-21(7-5-20)27-10-12-30-13-11-27/h4-9,14-16,19H,10-13H2,1-3H3,(H,26,29). The number of aryl methyl sites for hydroxylation is 2. The fraction of sp³-hybridized carbons (Fsp3) is 0.333. The van der Waals surface area contributed by atoms with Gasteiger partial charge in [0.1, 0.15) is 0 Å². The molecule has 7 heteroatoms. The minimum absolute atomic E-state index is 0.0425. The van der Waals surface area contributed by atoms with Crippen LogP contribution in [-0.4, -0.2) is 47.0 Å². The molecule has 2 aromatic carbocycles. The number of thioether (sulfide) groups is 1. The molecule has 1 fully saturated rings. The maximum atomic E-state index is 12.8. The molecule has 1 saturated heterocycles. The molecule has 31 heavy (non-hydrogen) atoms. The predicted molar refractivity (Wildman–Crippen MR) is 126 cm³/mol. The van der Waals surface area contributed by atoms with Crippen LogP contribution in [0.15, 0.2) is 60.0 Å². The average molecular weight is 437 g/mol. The number of amides is 1. The molecule has 162 valence electrons. The van der Waals surface area contributed by atoms with Crippen molar-refractivity contribution in [3.8, 4) is 5.69 Å². The molecule has 1 atom stereocenters. The van der Waals surface area contributed by atoms with Gasteiger partial charge in [0, 0.05) is 42.5 Å². The molecule has 4 rings (SSSR count). The third-order valence-corrected chi connectivity index (χ3v) is 6.33. The van der Waals surface area contributed by atoms with Crippen LogP contribution in [0.4, 0.5) is 11.4 Å². The highest BCUT2D eigenvalue weighted by Crippen LogP contribution is 2.27. The van der Waals surface area contributed by atoms with Gasteiger partial charge in [-0.05, 0) is 68.3 Å². The summed E-state index contributed by atoms with van der Waals surface area (Å²) in [5.74, 6) is -0.0425. The van der Waals surface area contributed by atoms with Gasteiger partial charge in [0.05, 0.1) is 18.5 Å². The Hall–Kier alpha value is -2.77. The van der Waals surface area contributed by atoms with Gasteiger partial charge in [0.25, 0.3) is 0 Å². The van der Waals surface area contributed by atoms with Crippen LogP contribution >= 0.6 is 11.8 Å². The number of nitrogens with one attached hydrogen (secondary N) is 1. The van der Waals surface area contributed by atoms with Crippen molar-refractivity contribution in [2.24, 2.45) is 0 Å². The quantitative estimate of drug-likeness (QED) is 0.579. The van der Waals surface area contributed by atoms with E-state index in [0.717, 1.165) is 48.5 Å². The van der Waals surface area contributed by atoms with Crippen molar-refractivity contribution in [2.75, 3.05) is 36.5 Å². The van der Waals surface area contributed by atoms with E-state index in [1.54, 1.807) is 6.20 Å². The molecule has 1 aliphatic heterocycles. The van der Waals surface area contributed by atoms with Gasteiger partial charge in [-0.15, -0.1) is 0 Å². The van der Waals surface area contributed by atoms with Gasteiger partial charge in [-0.1, -0.05) is 17.8 Å². The molecule has 3 aromatic rings. The summed E-state index contributed by atoms with van der Waals surface area (Å²) in [6.45, 7) is 9.37. The number of benzene rings is 2. The number of aromatic nitrogens is 2. The summed E-state index contributed by atoms with van der Waals surface area (Å²) in [4.78, 5) is 19.6. The largest absolute Gasteiger partial charge is 0.378 e. The van der Waals surface area contributed by atoms with E-state index in [1.807, 2.05) is 42.0 Å². The second kappa shape index (κ2) is 9.58. The number of hydrogen-bond donors (Lipinski definition) is 1. The summed E-state index contributed by atoms with van der Waals surface area (Å²) in [5, 5.41) is 3.54. The number of ether oxygens (including phenoxy) is 1. The number of anilines is 2. The lowest BCUT2D eigenvalue weighted by molar-refractivity contribution is -0.115. The molecular weight excluding hydrogens is 408 g/mol. The Labute approximate surface area is 187 Å². The molecule has 1 aliphatic rings. The van der Waals surface area contributed by atoms with Crippen LogP contribution < -0.4 is 10.2 Å². The van der Waals surface area contributed by atoms with E-state index in [2.05, 4.69) is 47.2 Å². The lowest BCUT2D eigenvalue weighted by Crippen LogP contribution is -2.36. The molecule has 0 saturated carbocycles. The molecule has 0 bridgehead atoms. The van der Waals surface area contributed by atoms with Crippen molar-refractivity contribution < 1.29 is 9.53 Å². The minimum Gasteiger partial charge on any atom is -0.378 e. The Kier molecular flexibility index (Phi) is 6.63. The van der Waals surface area contributed by atoms with Gasteiger partial charge in [-0.3, -0.25) is 9.36 Å². The zero-order valence-corrected chi connectivity index (χ0v) is 19.0. The van der Waals surface area contributed by atoms with Crippen LogP contribution in [-0.2, 0) is 9.53 Å². The maximum Gasteiger partial charge on any atom is 0.237 e. The third-order valence-electron chi connectivity index (χ3n) is 5.25. The number of morpholine rings is 1. The Bertz CT molecular complexity index is 1020. The highest BCUT2D eigenvalue weighted by atomic mass is 32.2. The van der Waals surface area contributed by atoms with E-state index < -0.39 is 0 Å². The number of rotatable bonds is 6. The highest BCUT2D eigenvalue weighted by Gasteiger charge is 2.18. The first-order valence-electron chi connectivity index (χ1n) is 10.5. The molecule has 6 nitrogen and oxygen atoms in total. The average Bonchev–Trinajstić information content (AvgIpc) is 3.22. The predicted octanol–water partition coefficient (Wildman–Crippen LogP) is 4.45.